The number of aromatic hydroxyl groups is 1. The van der Waals surface area contributed by atoms with Crippen LogP contribution >= 0.6 is 24.8 Å². The van der Waals surface area contributed by atoms with E-state index >= 15 is 0 Å². The van der Waals surface area contributed by atoms with Crippen LogP contribution in [0.5, 0.6) is 23.0 Å². The molecule has 174 valence electrons. The molecule has 0 aliphatic carbocycles. The van der Waals surface area contributed by atoms with E-state index < -0.39 is 6.36 Å². The smallest absolute Gasteiger partial charge is 0.508 e. The third-order valence-corrected chi connectivity index (χ3v) is 4.75. The van der Waals surface area contributed by atoms with Gasteiger partial charge in [0.2, 0.25) is 0 Å². The molecule has 0 unspecified atom stereocenters. The number of phenols is 1. The fourth-order valence-electron chi connectivity index (χ4n) is 3.55. The summed E-state index contributed by atoms with van der Waals surface area (Å²) in [6, 6.07) is 8.42. The highest BCUT2D eigenvalue weighted by Crippen LogP contribution is 2.43. The van der Waals surface area contributed by atoms with E-state index in [0.717, 1.165) is 31.7 Å². The van der Waals surface area contributed by atoms with Crippen LogP contribution in [0.3, 0.4) is 0 Å². The number of halogens is 5. The molecule has 0 saturated carbocycles. The molecule has 2 aromatic rings. The van der Waals surface area contributed by atoms with Crippen molar-refractivity contribution < 1.29 is 32.5 Å². The average Bonchev–Trinajstić information content (AvgIpc) is 2.69. The largest absolute Gasteiger partial charge is 0.573 e. The van der Waals surface area contributed by atoms with Crippen molar-refractivity contribution in [1.82, 2.24) is 10.2 Å². The molecule has 0 radical (unpaired) electrons. The summed E-state index contributed by atoms with van der Waals surface area (Å²) in [5, 5.41) is 13.3. The molecule has 1 atom stereocenters. The number of hydrogen-bond acceptors (Lipinski definition) is 6. The number of ether oxygens (including phenoxy) is 3. The van der Waals surface area contributed by atoms with E-state index in [4.69, 9.17) is 9.47 Å². The Hall–Kier alpha value is -2.07. The van der Waals surface area contributed by atoms with Gasteiger partial charge in [-0.05, 0) is 17.7 Å². The van der Waals surface area contributed by atoms with Crippen molar-refractivity contribution in [1.29, 1.82) is 0 Å². The second-order valence-electron chi connectivity index (χ2n) is 6.57. The fourth-order valence-corrected chi connectivity index (χ4v) is 3.55. The highest BCUT2D eigenvalue weighted by molar-refractivity contribution is 5.85. The maximum Gasteiger partial charge on any atom is 0.573 e. The van der Waals surface area contributed by atoms with Gasteiger partial charge in [-0.1, -0.05) is 12.1 Å². The first-order chi connectivity index (χ1) is 13.8. The van der Waals surface area contributed by atoms with E-state index in [0.29, 0.717) is 17.1 Å². The number of rotatable bonds is 6. The average molecular weight is 485 g/mol. The zero-order valence-electron chi connectivity index (χ0n) is 16.9. The molecule has 2 aromatic carbocycles. The Labute approximate surface area is 191 Å². The summed E-state index contributed by atoms with van der Waals surface area (Å²) in [4.78, 5) is 2.19. The molecule has 0 aromatic heterocycles. The minimum atomic E-state index is -4.75. The predicted octanol–water partition coefficient (Wildman–Crippen LogP) is 4.15. The molecule has 1 fully saturated rings. The van der Waals surface area contributed by atoms with Gasteiger partial charge in [0.25, 0.3) is 0 Å². The topological polar surface area (TPSA) is 63.2 Å². The molecule has 1 heterocycles. The van der Waals surface area contributed by atoms with Gasteiger partial charge < -0.3 is 24.6 Å². The molecule has 31 heavy (non-hydrogen) atoms. The Kier molecular flexibility index (Phi) is 10.0. The van der Waals surface area contributed by atoms with Crippen LogP contribution in [0.15, 0.2) is 36.4 Å². The highest BCUT2D eigenvalue weighted by atomic mass is 35.5. The molecule has 3 rings (SSSR count). The van der Waals surface area contributed by atoms with Crippen LogP contribution in [0.25, 0.3) is 0 Å². The number of methoxy groups -OCH3 is 2. The molecule has 0 spiro atoms. The maximum atomic E-state index is 12.5. The summed E-state index contributed by atoms with van der Waals surface area (Å²) in [7, 11) is 2.99. The van der Waals surface area contributed by atoms with Crippen molar-refractivity contribution in [2.24, 2.45) is 0 Å². The molecular formula is C20H25Cl2F3N2O4. The van der Waals surface area contributed by atoms with Crippen LogP contribution in [0, 0.1) is 0 Å². The summed E-state index contributed by atoms with van der Waals surface area (Å²) < 4.78 is 52.5. The van der Waals surface area contributed by atoms with Gasteiger partial charge >= 0.3 is 6.36 Å². The number of benzene rings is 2. The lowest BCUT2D eigenvalue weighted by Crippen LogP contribution is -2.45. The minimum absolute atomic E-state index is 0. The highest BCUT2D eigenvalue weighted by Gasteiger charge is 2.32. The Morgan fingerprint density at radius 1 is 0.968 bits per heavy atom. The van der Waals surface area contributed by atoms with E-state index in [1.165, 1.54) is 38.5 Å². The molecular weight excluding hydrogens is 460 g/mol. The van der Waals surface area contributed by atoms with Crippen LogP contribution < -0.4 is 19.5 Å². The summed E-state index contributed by atoms with van der Waals surface area (Å²) in [5.74, 6) is 0.572. The SMILES string of the molecule is COc1cc(O)cc(OC)c1[C@@H](c1ccc(OC(F)(F)F)cc1)N1CCNCC1.Cl.Cl. The maximum absolute atomic E-state index is 12.5. The number of hydrogen-bond donors (Lipinski definition) is 2. The van der Waals surface area contributed by atoms with Crippen molar-refractivity contribution in [3.8, 4) is 23.0 Å². The molecule has 0 amide bonds. The van der Waals surface area contributed by atoms with Crippen LogP contribution in [-0.4, -0.2) is 56.8 Å². The standard InChI is InChI=1S/C20H23F3N2O4.2ClH/c1-27-16-11-14(26)12-17(28-2)18(16)19(25-9-7-24-8-10-25)13-3-5-15(6-4-13)29-20(21,22)23;;/h3-6,11-12,19,24,26H,7-10H2,1-2H3;2*1H/t19-;;/m1../s1. The van der Waals surface area contributed by atoms with Gasteiger partial charge in [-0.25, -0.2) is 0 Å². The van der Waals surface area contributed by atoms with Crippen molar-refractivity contribution in [3.63, 3.8) is 0 Å². The van der Waals surface area contributed by atoms with Gasteiger partial charge in [0.05, 0.1) is 25.8 Å². The zero-order valence-corrected chi connectivity index (χ0v) is 18.6. The normalized spacial score (nSPS) is 15.3. The lowest BCUT2D eigenvalue weighted by Gasteiger charge is -2.36. The number of alkyl halides is 3. The van der Waals surface area contributed by atoms with Crippen molar-refractivity contribution in [2.75, 3.05) is 40.4 Å². The van der Waals surface area contributed by atoms with Crippen LogP contribution in [0.1, 0.15) is 17.2 Å². The molecule has 2 N–H and O–H groups in total. The van der Waals surface area contributed by atoms with Gasteiger partial charge in [-0.2, -0.15) is 0 Å². The summed E-state index contributed by atoms with van der Waals surface area (Å²) in [6.45, 7) is 2.99. The lowest BCUT2D eigenvalue weighted by atomic mass is 9.94. The van der Waals surface area contributed by atoms with Gasteiger partial charge in [0.1, 0.15) is 23.0 Å². The van der Waals surface area contributed by atoms with E-state index in [1.54, 1.807) is 12.1 Å². The van der Waals surface area contributed by atoms with E-state index in [1.807, 2.05) is 0 Å². The van der Waals surface area contributed by atoms with Gasteiger partial charge in [-0.3, -0.25) is 4.90 Å². The predicted molar refractivity (Wildman–Crippen MR) is 115 cm³/mol. The number of piperazine rings is 1. The van der Waals surface area contributed by atoms with Crippen LogP contribution in [-0.2, 0) is 0 Å². The first-order valence-corrected chi connectivity index (χ1v) is 9.07. The molecule has 1 saturated heterocycles. The van der Waals surface area contributed by atoms with E-state index in [-0.39, 0.29) is 42.4 Å². The summed E-state index contributed by atoms with van der Waals surface area (Å²) in [6.07, 6.45) is -4.75. The number of nitrogens with one attached hydrogen (secondary N) is 1. The molecule has 6 nitrogen and oxygen atoms in total. The first kappa shape index (κ1) is 27.0. The monoisotopic (exact) mass is 484 g/mol. The number of nitrogens with zero attached hydrogens (tertiary/aromatic N) is 1. The Balaban J connectivity index is 0.00000240. The number of phenolic OH excluding ortho intramolecular Hbond substituents is 1. The first-order valence-electron chi connectivity index (χ1n) is 9.07. The van der Waals surface area contributed by atoms with Crippen LogP contribution in [0.4, 0.5) is 13.2 Å². The summed E-state index contributed by atoms with van der Waals surface area (Å²) >= 11 is 0. The van der Waals surface area contributed by atoms with Gasteiger partial charge in [0, 0.05) is 38.3 Å². The van der Waals surface area contributed by atoms with Crippen molar-refractivity contribution in [2.45, 2.75) is 12.4 Å². The zero-order chi connectivity index (χ0) is 21.0. The van der Waals surface area contributed by atoms with Gasteiger partial charge in [0.15, 0.2) is 0 Å². The third-order valence-electron chi connectivity index (χ3n) is 4.75. The van der Waals surface area contributed by atoms with Crippen molar-refractivity contribution >= 4 is 24.8 Å². The van der Waals surface area contributed by atoms with E-state index in [2.05, 4.69) is 15.0 Å². The molecule has 1 aliphatic heterocycles. The summed E-state index contributed by atoms with van der Waals surface area (Å²) in [5.41, 5.74) is 1.45. The molecule has 11 heteroatoms. The Bertz CT molecular complexity index is 807. The minimum Gasteiger partial charge on any atom is -0.508 e. The second-order valence-corrected chi connectivity index (χ2v) is 6.57. The molecule has 0 bridgehead atoms. The van der Waals surface area contributed by atoms with Crippen molar-refractivity contribution in [3.05, 3.63) is 47.5 Å². The quantitative estimate of drug-likeness (QED) is 0.642. The second kappa shape index (κ2) is 11.5. The fraction of sp³-hybridized carbons (Fsp3) is 0.400. The Morgan fingerprint density at radius 2 is 1.48 bits per heavy atom. The Morgan fingerprint density at radius 3 is 1.94 bits per heavy atom. The lowest BCUT2D eigenvalue weighted by molar-refractivity contribution is -0.274. The molecule has 1 aliphatic rings. The van der Waals surface area contributed by atoms with Gasteiger partial charge in [-0.15, -0.1) is 38.0 Å². The van der Waals surface area contributed by atoms with E-state index in [9.17, 15) is 18.3 Å². The van der Waals surface area contributed by atoms with Crippen LogP contribution in [0.2, 0.25) is 0 Å². The third kappa shape index (κ3) is 6.70.